The lowest BCUT2D eigenvalue weighted by molar-refractivity contribution is 0.241. The molecule has 0 fully saturated rings. The van der Waals surface area contributed by atoms with Crippen LogP contribution in [0.3, 0.4) is 0 Å². The first kappa shape index (κ1) is 20.9. The van der Waals surface area contributed by atoms with Crippen LogP contribution >= 0.6 is 23.4 Å². The fraction of sp³-hybridized carbons (Fsp3) is 0.273. The van der Waals surface area contributed by atoms with Crippen LogP contribution in [0.2, 0.25) is 5.02 Å². The van der Waals surface area contributed by atoms with Crippen LogP contribution in [0.1, 0.15) is 22.4 Å². The Morgan fingerprint density at radius 1 is 1.27 bits per heavy atom. The number of nitrogens with zero attached hydrogens (tertiary/aromatic N) is 2. The first-order chi connectivity index (χ1) is 14.5. The SMILES string of the molecule is COc1ccc(CN2CCc3nc(SCc4c(F)cccc4Cl)[nH]c(=O)c3C2)cc1. The quantitative estimate of drug-likeness (QED) is 0.449. The summed E-state index contributed by atoms with van der Waals surface area (Å²) in [4.78, 5) is 22.3. The Bertz CT molecular complexity index is 1080. The summed E-state index contributed by atoms with van der Waals surface area (Å²) in [7, 11) is 1.65. The fourth-order valence-corrected chi connectivity index (χ4v) is 4.68. The van der Waals surface area contributed by atoms with Gasteiger partial charge in [0.05, 0.1) is 18.4 Å². The monoisotopic (exact) mass is 445 g/mol. The molecule has 1 aliphatic heterocycles. The van der Waals surface area contributed by atoms with Gasteiger partial charge in [0.25, 0.3) is 5.56 Å². The molecule has 0 amide bonds. The number of hydrogen-bond donors (Lipinski definition) is 1. The molecule has 0 spiro atoms. The minimum absolute atomic E-state index is 0.137. The highest BCUT2D eigenvalue weighted by atomic mass is 35.5. The van der Waals surface area contributed by atoms with Gasteiger partial charge in [0.1, 0.15) is 11.6 Å². The number of aromatic nitrogens is 2. The van der Waals surface area contributed by atoms with Gasteiger partial charge in [-0.1, -0.05) is 41.6 Å². The summed E-state index contributed by atoms with van der Waals surface area (Å²) in [6, 6.07) is 12.5. The number of aromatic amines is 1. The number of H-pyrrole nitrogens is 1. The lowest BCUT2D eigenvalue weighted by atomic mass is 10.1. The van der Waals surface area contributed by atoms with E-state index >= 15 is 0 Å². The van der Waals surface area contributed by atoms with Gasteiger partial charge in [-0.05, 0) is 29.8 Å². The second-order valence-electron chi connectivity index (χ2n) is 7.09. The van der Waals surface area contributed by atoms with Crippen LogP contribution in [0.25, 0.3) is 0 Å². The van der Waals surface area contributed by atoms with Gasteiger partial charge in [-0.25, -0.2) is 9.37 Å². The van der Waals surface area contributed by atoms with Crippen molar-refractivity contribution >= 4 is 23.4 Å². The van der Waals surface area contributed by atoms with Gasteiger partial charge in [-0.2, -0.15) is 0 Å². The fourth-order valence-electron chi connectivity index (χ4n) is 3.46. The molecule has 0 unspecified atom stereocenters. The Balaban J connectivity index is 1.45. The molecular weight excluding hydrogens is 425 g/mol. The number of nitrogens with one attached hydrogen (secondary N) is 1. The molecule has 0 bridgehead atoms. The largest absolute Gasteiger partial charge is 0.497 e. The van der Waals surface area contributed by atoms with E-state index in [0.717, 1.165) is 30.1 Å². The number of benzene rings is 2. The molecule has 3 aromatic rings. The van der Waals surface area contributed by atoms with Crippen molar-refractivity contribution < 1.29 is 9.13 Å². The molecular formula is C22H21ClFN3O2S. The second kappa shape index (κ2) is 9.20. The van der Waals surface area contributed by atoms with Gasteiger partial charge >= 0.3 is 0 Å². The molecule has 5 nitrogen and oxygen atoms in total. The van der Waals surface area contributed by atoms with Crippen molar-refractivity contribution in [3.8, 4) is 5.75 Å². The first-order valence-electron chi connectivity index (χ1n) is 9.56. The number of thioether (sulfide) groups is 1. The molecule has 1 aromatic heterocycles. The summed E-state index contributed by atoms with van der Waals surface area (Å²) in [5, 5.41) is 0.860. The number of hydrogen-bond acceptors (Lipinski definition) is 5. The predicted octanol–water partition coefficient (Wildman–Crippen LogP) is 4.42. The smallest absolute Gasteiger partial charge is 0.256 e. The molecule has 0 saturated carbocycles. The number of ether oxygens (including phenoxy) is 1. The van der Waals surface area contributed by atoms with Gasteiger partial charge in [0, 0.05) is 42.4 Å². The standard InChI is InChI=1S/C22H21ClFN3O2S/c1-29-15-7-5-14(6-8-15)11-27-10-9-20-16(12-27)21(28)26-22(25-20)30-13-17-18(23)3-2-4-19(17)24/h2-8H,9-13H2,1H3,(H,25,26,28). The van der Waals surface area contributed by atoms with Gasteiger partial charge in [-0.15, -0.1) is 0 Å². The minimum Gasteiger partial charge on any atom is -0.497 e. The summed E-state index contributed by atoms with van der Waals surface area (Å²) in [6.07, 6.45) is 0.698. The van der Waals surface area contributed by atoms with Crippen LogP contribution in [0.4, 0.5) is 4.39 Å². The molecule has 0 radical (unpaired) electrons. The zero-order chi connectivity index (χ0) is 21.1. The summed E-state index contributed by atoms with van der Waals surface area (Å²) < 4.78 is 19.2. The number of methoxy groups -OCH3 is 1. The number of rotatable bonds is 6. The van der Waals surface area contributed by atoms with Crippen molar-refractivity contribution in [3.63, 3.8) is 0 Å². The number of halogens is 2. The lowest BCUT2D eigenvalue weighted by Gasteiger charge is -2.27. The van der Waals surface area contributed by atoms with Crippen LogP contribution in [-0.2, 0) is 25.3 Å². The van der Waals surface area contributed by atoms with Gasteiger partial charge in [-0.3, -0.25) is 9.69 Å². The van der Waals surface area contributed by atoms with Crippen molar-refractivity contribution in [2.45, 2.75) is 30.4 Å². The van der Waals surface area contributed by atoms with E-state index in [-0.39, 0.29) is 11.4 Å². The lowest BCUT2D eigenvalue weighted by Crippen LogP contribution is -2.35. The van der Waals surface area contributed by atoms with Crippen molar-refractivity contribution in [2.75, 3.05) is 13.7 Å². The zero-order valence-electron chi connectivity index (χ0n) is 16.5. The topological polar surface area (TPSA) is 58.2 Å². The summed E-state index contributed by atoms with van der Waals surface area (Å²) >= 11 is 7.36. The van der Waals surface area contributed by atoms with Crippen LogP contribution in [0.5, 0.6) is 5.75 Å². The maximum Gasteiger partial charge on any atom is 0.256 e. The van der Waals surface area contributed by atoms with Crippen LogP contribution in [0.15, 0.2) is 52.4 Å². The van der Waals surface area contributed by atoms with E-state index in [1.807, 2.05) is 24.3 Å². The van der Waals surface area contributed by atoms with E-state index in [0.29, 0.717) is 40.0 Å². The van der Waals surface area contributed by atoms with Crippen molar-refractivity contribution in [3.05, 3.63) is 86.0 Å². The Morgan fingerprint density at radius 2 is 2.07 bits per heavy atom. The van der Waals surface area contributed by atoms with E-state index in [4.69, 9.17) is 16.3 Å². The summed E-state index contributed by atoms with van der Waals surface area (Å²) in [6.45, 7) is 2.12. The summed E-state index contributed by atoms with van der Waals surface area (Å²) in [5.74, 6) is 0.770. The third-order valence-electron chi connectivity index (χ3n) is 5.11. The minimum atomic E-state index is -0.357. The maximum atomic E-state index is 14.0. The highest BCUT2D eigenvalue weighted by Gasteiger charge is 2.21. The molecule has 1 aliphatic rings. The third kappa shape index (κ3) is 4.69. The van der Waals surface area contributed by atoms with Gasteiger partial charge in [0.2, 0.25) is 0 Å². The van der Waals surface area contributed by atoms with Crippen molar-refractivity contribution in [2.24, 2.45) is 0 Å². The number of fused-ring (bicyclic) bond motifs is 1. The molecule has 0 saturated heterocycles. The molecule has 0 aliphatic carbocycles. The third-order valence-corrected chi connectivity index (χ3v) is 6.36. The van der Waals surface area contributed by atoms with Crippen molar-refractivity contribution in [1.82, 2.24) is 14.9 Å². The van der Waals surface area contributed by atoms with Crippen LogP contribution in [-0.4, -0.2) is 28.5 Å². The highest BCUT2D eigenvalue weighted by molar-refractivity contribution is 7.98. The highest BCUT2D eigenvalue weighted by Crippen LogP contribution is 2.27. The zero-order valence-corrected chi connectivity index (χ0v) is 18.0. The maximum absolute atomic E-state index is 14.0. The molecule has 30 heavy (non-hydrogen) atoms. The molecule has 8 heteroatoms. The van der Waals surface area contributed by atoms with E-state index in [1.165, 1.54) is 17.8 Å². The van der Waals surface area contributed by atoms with E-state index in [2.05, 4.69) is 14.9 Å². The molecule has 1 N–H and O–H groups in total. The first-order valence-corrected chi connectivity index (χ1v) is 10.9. The second-order valence-corrected chi connectivity index (χ2v) is 8.47. The van der Waals surface area contributed by atoms with E-state index in [9.17, 15) is 9.18 Å². The van der Waals surface area contributed by atoms with E-state index in [1.54, 1.807) is 19.2 Å². The molecule has 2 aromatic carbocycles. The Morgan fingerprint density at radius 3 is 2.80 bits per heavy atom. The summed E-state index contributed by atoms with van der Waals surface area (Å²) in [5.41, 5.74) is 2.95. The Kier molecular flexibility index (Phi) is 6.41. The molecule has 2 heterocycles. The normalized spacial score (nSPS) is 13.8. The van der Waals surface area contributed by atoms with Gasteiger partial charge < -0.3 is 9.72 Å². The molecule has 0 atom stereocenters. The van der Waals surface area contributed by atoms with Crippen LogP contribution in [0, 0.1) is 5.82 Å². The van der Waals surface area contributed by atoms with Crippen LogP contribution < -0.4 is 10.3 Å². The Labute approximate surface area is 183 Å². The van der Waals surface area contributed by atoms with E-state index < -0.39 is 0 Å². The van der Waals surface area contributed by atoms with Crippen molar-refractivity contribution in [1.29, 1.82) is 0 Å². The Hall–Kier alpha value is -2.35. The average molecular weight is 446 g/mol. The average Bonchev–Trinajstić information content (AvgIpc) is 2.74. The van der Waals surface area contributed by atoms with Gasteiger partial charge in [0.15, 0.2) is 5.16 Å². The predicted molar refractivity (Wildman–Crippen MR) is 117 cm³/mol. The molecule has 4 rings (SSSR count). The molecule has 156 valence electrons.